The van der Waals surface area contributed by atoms with Crippen molar-refractivity contribution in [2.75, 3.05) is 0 Å². The first-order chi connectivity index (χ1) is 8.31. The van der Waals surface area contributed by atoms with Gasteiger partial charge in [0.2, 0.25) is 5.91 Å². The van der Waals surface area contributed by atoms with Crippen molar-refractivity contribution >= 4 is 23.4 Å². The molecule has 4 atom stereocenters. The van der Waals surface area contributed by atoms with Gasteiger partial charge in [-0.05, 0) is 6.92 Å². The molecular formula is C10H13N3O5. The first-order valence-corrected chi connectivity index (χ1v) is 5.29. The highest BCUT2D eigenvalue weighted by atomic mass is 16.4. The minimum atomic E-state index is -1.83. The molecule has 1 fully saturated rings. The summed E-state index contributed by atoms with van der Waals surface area (Å²) >= 11 is 0. The van der Waals surface area contributed by atoms with E-state index < -0.39 is 47.4 Å². The summed E-state index contributed by atoms with van der Waals surface area (Å²) in [6, 6.07) is -0.666. The SMILES string of the molecule is CC(C(=O)C(=[N+]=N)C(=O)[O-])[C@H]1NC(=O)[C@@H]1[C@@H](C)O. The predicted octanol–water partition coefficient (Wildman–Crippen LogP) is -2.88. The number of ketones is 1. The van der Waals surface area contributed by atoms with Gasteiger partial charge in [-0.3, -0.25) is 9.59 Å². The third-order valence-corrected chi connectivity index (χ3v) is 3.01. The smallest absolute Gasteiger partial charge is 0.429 e. The maximum absolute atomic E-state index is 11.7. The second-order valence-corrected chi connectivity index (χ2v) is 4.20. The van der Waals surface area contributed by atoms with E-state index in [0.717, 1.165) is 0 Å². The van der Waals surface area contributed by atoms with E-state index in [4.69, 9.17) is 5.53 Å². The second kappa shape index (κ2) is 5.07. The van der Waals surface area contributed by atoms with Crippen molar-refractivity contribution in [2.24, 2.45) is 11.8 Å². The van der Waals surface area contributed by atoms with E-state index in [2.05, 4.69) is 10.1 Å². The topological polar surface area (TPSA) is 144 Å². The number of aliphatic carboxylic acids is 1. The Labute approximate surface area is 102 Å². The fourth-order valence-corrected chi connectivity index (χ4v) is 1.95. The molecule has 1 unspecified atom stereocenters. The molecule has 0 aromatic carbocycles. The van der Waals surface area contributed by atoms with Crippen LogP contribution in [0.1, 0.15) is 13.8 Å². The van der Waals surface area contributed by atoms with Crippen LogP contribution in [0.5, 0.6) is 0 Å². The van der Waals surface area contributed by atoms with Gasteiger partial charge in [-0.2, -0.15) is 0 Å². The van der Waals surface area contributed by atoms with Gasteiger partial charge in [0, 0.05) is 5.92 Å². The molecule has 8 heteroatoms. The van der Waals surface area contributed by atoms with Gasteiger partial charge in [-0.25, -0.2) is 0 Å². The van der Waals surface area contributed by atoms with Crippen LogP contribution in [-0.4, -0.2) is 45.4 Å². The third kappa shape index (κ3) is 2.29. The fourth-order valence-electron chi connectivity index (χ4n) is 1.95. The van der Waals surface area contributed by atoms with Gasteiger partial charge in [0.15, 0.2) is 5.97 Å². The lowest BCUT2D eigenvalue weighted by Gasteiger charge is -2.40. The molecule has 1 saturated heterocycles. The van der Waals surface area contributed by atoms with Crippen LogP contribution in [0.3, 0.4) is 0 Å². The number of Topliss-reactive ketones (excluding diaryl/α,β-unsaturated/α-hetero) is 1. The molecular weight excluding hydrogens is 242 g/mol. The zero-order valence-electron chi connectivity index (χ0n) is 9.84. The number of hydrogen-bond acceptors (Lipinski definition) is 6. The number of aliphatic hydroxyl groups excluding tert-OH is 1. The highest BCUT2D eigenvalue weighted by Crippen LogP contribution is 2.26. The summed E-state index contributed by atoms with van der Waals surface area (Å²) in [5.41, 5.74) is 5.62. The average Bonchev–Trinajstić information content (AvgIpc) is 2.24. The standard InChI is InChI=1S/C10H13N3O5/c1-3(8(15)7(13-11)10(17)18)6-5(4(2)14)9(16)12-6/h3-6,11,14H,1-2H3,(H-,12,16,17,18)/t3?,4-,5-,6-/m1/s1. The van der Waals surface area contributed by atoms with Gasteiger partial charge in [0.05, 0.1) is 28.4 Å². The van der Waals surface area contributed by atoms with Crippen LogP contribution in [0.25, 0.3) is 0 Å². The zero-order chi connectivity index (χ0) is 14.0. The van der Waals surface area contributed by atoms with Crippen molar-refractivity contribution in [3.05, 3.63) is 0 Å². The Kier molecular flexibility index (Phi) is 3.95. The summed E-state index contributed by atoms with van der Waals surface area (Å²) < 4.78 is 0. The maximum Gasteiger partial charge on any atom is 0.429 e. The van der Waals surface area contributed by atoms with Crippen molar-refractivity contribution in [3.8, 4) is 0 Å². The Morgan fingerprint density at radius 3 is 2.39 bits per heavy atom. The van der Waals surface area contributed by atoms with Gasteiger partial charge in [-0.15, -0.1) is 0 Å². The second-order valence-electron chi connectivity index (χ2n) is 4.20. The van der Waals surface area contributed by atoms with E-state index >= 15 is 0 Å². The highest BCUT2D eigenvalue weighted by molar-refractivity contribution is 6.61. The first-order valence-electron chi connectivity index (χ1n) is 5.29. The number of carboxylic acid groups (broad SMARTS) is 1. The summed E-state index contributed by atoms with van der Waals surface area (Å²) in [5.74, 6) is -4.80. The summed E-state index contributed by atoms with van der Waals surface area (Å²) in [6.45, 7) is 2.81. The van der Waals surface area contributed by atoms with Crippen molar-refractivity contribution in [1.82, 2.24) is 5.32 Å². The van der Waals surface area contributed by atoms with E-state index in [9.17, 15) is 24.6 Å². The minimum Gasteiger partial charge on any atom is -0.538 e. The van der Waals surface area contributed by atoms with Crippen LogP contribution in [0.4, 0.5) is 0 Å². The number of carboxylic acids is 1. The maximum atomic E-state index is 11.7. The highest BCUT2D eigenvalue weighted by Gasteiger charge is 2.49. The Morgan fingerprint density at radius 2 is 2.06 bits per heavy atom. The van der Waals surface area contributed by atoms with Crippen LogP contribution in [0.2, 0.25) is 0 Å². The molecule has 8 nitrogen and oxygen atoms in total. The Hall–Kier alpha value is -2.05. The fraction of sp³-hybridized carbons (Fsp3) is 0.600. The minimum absolute atomic E-state index is 0.396. The van der Waals surface area contributed by atoms with Crippen molar-refractivity contribution < 1.29 is 29.4 Å². The largest absolute Gasteiger partial charge is 0.538 e. The lowest BCUT2D eigenvalue weighted by Crippen LogP contribution is -2.66. The molecule has 1 heterocycles. The molecule has 0 saturated carbocycles. The number of nitrogens with zero attached hydrogens (tertiary/aromatic N) is 1. The lowest BCUT2D eigenvalue weighted by atomic mass is 9.76. The average molecular weight is 255 g/mol. The Bertz CT molecular complexity index is 452. The number of rotatable bonds is 5. The molecule has 98 valence electrons. The molecule has 1 rings (SSSR count). The number of amides is 1. The number of carbonyl (C=O) groups is 3. The number of aliphatic hydroxyl groups is 1. The number of β-lactam (4-membered cyclic amide) rings is 1. The van der Waals surface area contributed by atoms with Crippen LogP contribution in [0.15, 0.2) is 0 Å². The van der Waals surface area contributed by atoms with E-state index in [1.54, 1.807) is 0 Å². The van der Waals surface area contributed by atoms with Crippen LogP contribution >= 0.6 is 0 Å². The molecule has 0 aromatic rings. The summed E-state index contributed by atoms with van der Waals surface area (Å²) in [5, 5.41) is 22.4. The summed E-state index contributed by atoms with van der Waals surface area (Å²) in [4.78, 5) is 36.1. The molecule has 1 aliphatic rings. The monoisotopic (exact) mass is 255 g/mol. The molecule has 1 amide bonds. The summed E-state index contributed by atoms with van der Waals surface area (Å²) in [6.07, 6.45) is -0.946. The molecule has 18 heavy (non-hydrogen) atoms. The number of hydrogen-bond donors (Lipinski definition) is 3. The number of nitrogens with one attached hydrogen (secondary N) is 2. The van der Waals surface area contributed by atoms with Gasteiger partial charge in [-0.1, -0.05) is 6.92 Å². The van der Waals surface area contributed by atoms with Crippen molar-refractivity contribution in [1.29, 1.82) is 5.53 Å². The van der Waals surface area contributed by atoms with Crippen LogP contribution in [-0.2, 0) is 14.4 Å². The third-order valence-electron chi connectivity index (χ3n) is 3.01. The molecule has 3 N–H and O–H groups in total. The van der Waals surface area contributed by atoms with E-state index in [0.29, 0.717) is 0 Å². The molecule has 0 spiro atoms. The molecule has 0 aliphatic carbocycles. The van der Waals surface area contributed by atoms with Crippen LogP contribution < -0.4 is 10.4 Å². The normalized spacial score (nSPS) is 25.2. The molecule has 1 aliphatic heterocycles. The first kappa shape index (κ1) is 14.0. The predicted molar refractivity (Wildman–Crippen MR) is 54.3 cm³/mol. The van der Waals surface area contributed by atoms with E-state index in [1.165, 1.54) is 13.8 Å². The Balaban J connectivity index is 2.86. The van der Waals surface area contributed by atoms with Crippen molar-refractivity contribution in [2.45, 2.75) is 26.0 Å². The molecule has 0 bridgehead atoms. The van der Waals surface area contributed by atoms with E-state index in [1.807, 2.05) is 0 Å². The zero-order valence-corrected chi connectivity index (χ0v) is 9.84. The van der Waals surface area contributed by atoms with Gasteiger partial charge < -0.3 is 20.3 Å². The van der Waals surface area contributed by atoms with Gasteiger partial charge in [0.25, 0.3) is 5.78 Å². The van der Waals surface area contributed by atoms with Crippen LogP contribution in [0, 0.1) is 17.4 Å². The van der Waals surface area contributed by atoms with E-state index in [-0.39, 0.29) is 0 Å². The number of carbonyl (C=O) groups excluding carboxylic acids is 3. The quantitative estimate of drug-likeness (QED) is 0.159. The van der Waals surface area contributed by atoms with Gasteiger partial charge in [0.1, 0.15) is 0 Å². The molecule has 0 aromatic heterocycles. The summed E-state index contributed by atoms with van der Waals surface area (Å²) in [7, 11) is 0. The van der Waals surface area contributed by atoms with Gasteiger partial charge >= 0.3 is 5.71 Å². The Morgan fingerprint density at radius 1 is 1.50 bits per heavy atom. The van der Waals surface area contributed by atoms with Crippen molar-refractivity contribution in [3.63, 3.8) is 0 Å². The molecule has 0 radical (unpaired) electrons. The lowest BCUT2D eigenvalue weighted by molar-refractivity contribution is -0.298.